The first-order valence-corrected chi connectivity index (χ1v) is 5.16. The van der Waals surface area contributed by atoms with Crippen molar-refractivity contribution < 1.29 is 4.63 Å². The Morgan fingerprint density at radius 3 is 2.69 bits per heavy atom. The normalized spacial score (nSPS) is 10.6. The van der Waals surface area contributed by atoms with Gasteiger partial charge in [-0.05, 0) is 25.5 Å². The van der Waals surface area contributed by atoms with Crippen LogP contribution in [0.25, 0.3) is 0 Å². The van der Waals surface area contributed by atoms with E-state index in [1.54, 1.807) is 0 Å². The van der Waals surface area contributed by atoms with Gasteiger partial charge in [0.05, 0.1) is 0 Å². The van der Waals surface area contributed by atoms with Crippen molar-refractivity contribution in [2.75, 3.05) is 0 Å². The van der Waals surface area contributed by atoms with E-state index in [0.29, 0.717) is 6.54 Å². The molecule has 0 fully saturated rings. The summed E-state index contributed by atoms with van der Waals surface area (Å²) in [6.45, 7) is 5.27. The second kappa shape index (κ2) is 4.85. The molecule has 0 aliphatic rings. The fraction of sp³-hybridized carbons (Fsp3) is 0.364. The molecule has 0 bridgehead atoms. The molecule has 0 saturated heterocycles. The van der Waals surface area contributed by atoms with E-state index in [0.717, 1.165) is 29.2 Å². The lowest BCUT2D eigenvalue weighted by atomic mass is 10.2. The first kappa shape index (κ1) is 10.8. The average Bonchev–Trinajstić information content (AvgIpc) is 2.68. The topological polar surface area (TPSA) is 63.8 Å². The van der Waals surface area contributed by atoms with Crippen LogP contribution in [0.15, 0.2) is 23.0 Å². The van der Waals surface area contributed by atoms with Gasteiger partial charge in [0.1, 0.15) is 11.4 Å². The van der Waals surface area contributed by atoms with Gasteiger partial charge in [0.25, 0.3) is 0 Å². The van der Waals surface area contributed by atoms with Crippen molar-refractivity contribution in [1.29, 1.82) is 0 Å². The molecule has 16 heavy (non-hydrogen) atoms. The summed E-state index contributed by atoms with van der Waals surface area (Å²) in [6, 6.07) is 4.06. The maximum atomic E-state index is 4.61. The molecule has 2 aromatic heterocycles. The average molecular weight is 218 g/mol. The van der Waals surface area contributed by atoms with Gasteiger partial charge in [0, 0.05) is 25.0 Å². The summed E-state index contributed by atoms with van der Waals surface area (Å²) in [7, 11) is 0. The molecule has 0 aliphatic carbocycles. The SMILES string of the molecule is Cc1ccc(CNCc2nonc2C)cn1. The number of aryl methyl sites for hydroxylation is 2. The van der Waals surface area contributed by atoms with Crippen LogP contribution in [0.2, 0.25) is 0 Å². The number of nitrogens with zero attached hydrogens (tertiary/aromatic N) is 3. The third-order valence-electron chi connectivity index (χ3n) is 2.34. The number of pyridine rings is 1. The van der Waals surface area contributed by atoms with E-state index < -0.39 is 0 Å². The Kier molecular flexibility index (Phi) is 3.26. The number of nitrogens with one attached hydrogen (secondary N) is 1. The van der Waals surface area contributed by atoms with Crippen molar-refractivity contribution in [2.24, 2.45) is 0 Å². The second-order valence-electron chi connectivity index (χ2n) is 3.71. The zero-order valence-electron chi connectivity index (χ0n) is 9.40. The van der Waals surface area contributed by atoms with Gasteiger partial charge in [-0.15, -0.1) is 0 Å². The van der Waals surface area contributed by atoms with Crippen LogP contribution >= 0.6 is 0 Å². The van der Waals surface area contributed by atoms with Crippen molar-refractivity contribution in [1.82, 2.24) is 20.6 Å². The molecule has 0 atom stereocenters. The highest BCUT2D eigenvalue weighted by Crippen LogP contribution is 2.02. The molecule has 5 nitrogen and oxygen atoms in total. The summed E-state index contributed by atoms with van der Waals surface area (Å²) in [5.74, 6) is 0. The lowest BCUT2D eigenvalue weighted by molar-refractivity contribution is 0.300. The predicted molar refractivity (Wildman–Crippen MR) is 58.6 cm³/mol. The van der Waals surface area contributed by atoms with E-state index in [2.05, 4.69) is 31.3 Å². The van der Waals surface area contributed by atoms with Crippen LogP contribution in [0.1, 0.15) is 22.6 Å². The fourth-order valence-electron chi connectivity index (χ4n) is 1.34. The Morgan fingerprint density at radius 1 is 1.19 bits per heavy atom. The monoisotopic (exact) mass is 218 g/mol. The first-order chi connectivity index (χ1) is 7.75. The summed E-state index contributed by atoms with van der Waals surface area (Å²) in [4.78, 5) is 4.23. The van der Waals surface area contributed by atoms with Crippen LogP contribution in [0.3, 0.4) is 0 Å². The maximum Gasteiger partial charge on any atom is 0.121 e. The lowest BCUT2D eigenvalue weighted by Gasteiger charge is -2.02. The minimum absolute atomic E-state index is 0.656. The van der Waals surface area contributed by atoms with Gasteiger partial charge in [0.15, 0.2) is 0 Å². The molecule has 0 unspecified atom stereocenters. The zero-order valence-corrected chi connectivity index (χ0v) is 9.40. The molecule has 2 heterocycles. The summed E-state index contributed by atoms with van der Waals surface area (Å²) in [5.41, 5.74) is 3.86. The van der Waals surface area contributed by atoms with Crippen molar-refractivity contribution in [3.8, 4) is 0 Å². The van der Waals surface area contributed by atoms with E-state index in [4.69, 9.17) is 0 Å². The number of rotatable bonds is 4. The van der Waals surface area contributed by atoms with Gasteiger partial charge in [-0.2, -0.15) is 0 Å². The fourth-order valence-corrected chi connectivity index (χ4v) is 1.34. The predicted octanol–water partition coefficient (Wildman–Crippen LogP) is 1.37. The van der Waals surface area contributed by atoms with E-state index in [1.807, 2.05) is 26.1 Å². The highest BCUT2D eigenvalue weighted by Gasteiger charge is 2.03. The molecule has 0 spiro atoms. The molecular formula is C11H14N4O. The van der Waals surface area contributed by atoms with Gasteiger partial charge < -0.3 is 5.32 Å². The Bertz CT molecular complexity index is 449. The third-order valence-corrected chi connectivity index (χ3v) is 2.34. The molecule has 0 aliphatic heterocycles. The molecule has 0 radical (unpaired) electrons. The highest BCUT2D eigenvalue weighted by molar-refractivity contribution is 5.13. The van der Waals surface area contributed by atoms with E-state index in [1.165, 1.54) is 0 Å². The Labute approximate surface area is 93.9 Å². The largest absolute Gasteiger partial charge is 0.307 e. The van der Waals surface area contributed by atoms with Crippen molar-refractivity contribution >= 4 is 0 Å². The quantitative estimate of drug-likeness (QED) is 0.839. The summed E-state index contributed by atoms with van der Waals surface area (Å²) >= 11 is 0. The Morgan fingerprint density at radius 2 is 2.06 bits per heavy atom. The molecule has 1 N–H and O–H groups in total. The highest BCUT2D eigenvalue weighted by atomic mass is 16.6. The molecule has 2 rings (SSSR count). The van der Waals surface area contributed by atoms with Gasteiger partial charge >= 0.3 is 0 Å². The number of hydrogen-bond donors (Lipinski definition) is 1. The van der Waals surface area contributed by atoms with E-state index in [-0.39, 0.29) is 0 Å². The Balaban J connectivity index is 1.84. The van der Waals surface area contributed by atoms with Crippen molar-refractivity contribution in [3.05, 3.63) is 41.0 Å². The molecule has 2 aromatic rings. The van der Waals surface area contributed by atoms with Gasteiger partial charge in [-0.1, -0.05) is 16.4 Å². The first-order valence-electron chi connectivity index (χ1n) is 5.16. The maximum absolute atomic E-state index is 4.61. The van der Waals surface area contributed by atoms with Crippen molar-refractivity contribution in [3.63, 3.8) is 0 Å². The molecule has 5 heteroatoms. The van der Waals surface area contributed by atoms with Crippen molar-refractivity contribution in [2.45, 2.75) is 26.9 Å². The minimum atomic E-state index is 0.656. The van der Waals surface area contributed by atoms with Crippen LogP contribution in [0, 0.1) is 13.8 Å². The summed E-state index contributed by atoms with van der Waals surface area (Å²) in [6.07, 6.45) is 1.87. The molecule has 0 amide bonds. The summed E-state index contributed by atoms with van der Waals surface area (Å²) in [5, 5.41) is 10.8. The summed E-state index contributed by atoms with van der Waals surface area (Å²) < 4.78 is 4.61. The molecular weight excluding hydrogens is 204 g/mol. The standard InChI is InChI=1S/C11H14N4O/c1-8-3-4-10(6-13-8)5-12-7-11-9(2)14-16-15-11/h3-4,6,12H,5,7H2,1-2H3. The van der Waals surface area contributed by atoms with Gasteiger partial charge in [0.2, 0.25) is 0 Å². The molecule has 0 aromatic carbocycles. The number of hydrogen-bond acceptors (Lipinski definition) is 5. The van der Waals surface area contributed by atoms with Crippen LogP contribution in [-0.4, -0.2) is 15.3 Å². The van der Waals surface area contributed by atoms with E-state index >= 15 is 0 Å². The van der Waals surface area contributed by atoms with Crippen LogP contribution < -0.4 is 5.32 Å². The van der Waals surface area contributed by atoms with Crippen LogP contribution in [-0.2, 0) is 13.1 Å². The third kappa shape index (κ3) is 2.64. The van der Waals surface area contributed by atoms with Gasteiger partial charge in [-0.3, -0.25) is 4.98 Å². The second-order valence-corrected chi connectivity index (χ2v) is 3.71. The van der Waals surface area contributed by atoms with Crippen LogP contribution in [0.4, 0.5) is 0 Å². The smallest absolute Gasteiger partial charge is 0.121 e. The van der Waals surface area contributed by atoms with Gasteiger partial charge in [-0.25, -0.2) is 4.63 Å². The zero-order chi connectivity index (χ0) is 11.4. The lowest BCUT2D eigenvalue weighted by Crippen LogP contribution is -2.13. The molecule has 0 saturated carbocycles. The molecule has 84 valence electrons. The van der Waals surface area contributed by atoms with E-state index in [9.17, 15) is 0 Å². The minimum Gasteiger partial charge on any atom is -0.307 e. The number of aromatic nitrogens is 3. The Hall–Kier alpha value is -1.75. The van der Waals surface area contributed by atoms with Crippen LogP contribution in [0.5, 0.6) is 0 Å².